The fraction of sp³-hybridized carbons (Fsp3) is 0.462. The van der Waals surface area contributed by atoms with Gasteiger partial charge in [0, 0.05) is 12.1 Å². The molecule has 1 aromatic rings. The summed E-state index contributed by atoms with van der Waals surface area (Å²) in [5.41, 5.74) is 7.44. The van der Waals surface area contributed by atoms with Gasteiger partial charge in [-0.05, 0) is 24.6 Å². The van der Waals surface area contributed by atoms with Gasteiger partial charge >= 0.3 is 0 Å². The van der Waals surface area contributed by atoms with E-state index < -0.39 is 0 Å². The topological polar surface area (TPSA) is 38.5 Å². The number of rotatable bonds is 3. The van der Waals surface area contributed by atoms with E-state index in [0.29, 0.717) is 16.1 Å². The van der Waals surface area contributed by atoms with Gasteiger partial charge in [-0.15, -0.1) is 0 Å². The molecule has 1 unspecified atom stereocenters. The number of hydrogen-bond acceptors (Lipinski definition) is 3. The fourth-order valence-corrected chi connectivity index (χ4v) is 2.62. The van der Waals surface area contributed by atoms with Crippen molar-refractivity contribution in [1.29, 1.82) is 0 Å². The summed E-state index contributed by atoms with van der Waals surface area (Å²) in [7, 11) is 0. The average Bonchev–Trinajstić information content (AvgIpc) is 2.38. The lowest BCUT2D eigenvalue weighted by Gasteiger charge is -2.37. The molecule has 0 amide bonds. The Morgan fingerprint density at radius 3 is 3.00 bits per heavy atom. The van der Waals surface area contributed by atoms with Crippen LogP contribution in [0.3, 0.4) is 0 Å². The predicted molar refractivity (Wildman–Crippen MR) is 79.6 cm³/mol. The van der Waals surface area contributed by atoms with Crippen molar-refractivity contribution in [2.24, 2.45) is 5.73 Å². The van der Waals surface area contributed by atoms with Crippen molar-refractivity contribution in [3.05, 3.63) is 28.8 Å². The van der Waals surface area contributed by atoms with Crippen LogP contribution in [0.4, 0.5) is 5.69 Å². The van der Waals surface area contributed by atoms with Crippen LogP contribution in [0.1, 0.15) is 18.9 Å². The maximum Gasteiger partial charge on any atom is 0.104 e. The summed E-state index contributed by atoms with van der Waals surface area (Å²) < 4.78 is 5.50. The highest BCUT2D eigenvalue weighted by molar-refractivity contribution is 7.80. The molecule has 18 heavy (non-hydrogen) atoms. The van der Waals surface area contributed by atoms with E-state index in [0.717, 1.165) is 37.4 Å². The monoisotopic (exact) mass is 284 g/mol. The van der Waals surface area contributed by atoms with Crippen molar-refractivity contribution in [1.82, 2.24) is 0 Å². The van der Waals surface area contributed by atoms with Crippen LogP contribution in [-0.2, 0) is 4.74 Å². The van der Waals surface area contributed by atoms with E-state index in [1.165, 1.54) is 0 Å². The molecule has 0 radical (unpaired) electrons. The van der Waals surface area contributed by atoms with E-state index in [1.54, 1.807) is 0 Å². The molecule has 1 aliphatic heterocycles. The van der Waals surface area contributed by atoms with Crippen LogP contribution in [0, 0.1) is 0 Å². The summed E-state index contributed by atoms with van der Waals surface area (Å²) in [6.07, 6.45) is 1.04. The minimum absolute atomic E-state index is 0.373. The van der Waals surface area contributed by atoms with Crippen molar-refractivity contribution in [3.8, 4) is 0 Å². The molecule has 0 bridgehead atoms. The van der Waals surface area contributed by atoms with E-state index in [2.05, 4.69) is 11.8 Å². The number of nitrogens with zero attached hydrogens (tertiary/aromatic N) is 1. The highest BCUT2D eigenvalue weighted by Crippen LogP contribution is 2.30. The summed E-state index contributed by atoms with van der Waals surface area (Å²) in [5, 5.41) is 0.695. The lowest BCUT2D eigenvalue weighted by Crippen LogP contribution is -2.45. The highest BCUT2D eigenvalue weighted by atomic mass is 35.5. The van der Waals surface area contributed by atoms with Crippen LogP contribution in [-0.4, -0.2) is 30.8 Å². The Kier molecular flexibility index (Phi) is 4.43. The molecular weight excluding hydrogens is 268 g/mol. The number of halogens is 1. The molecule has 2 rings (SSSR count). The number of ether oxygens (including phenoxy) is 1. The first-order valence-electron chi connectivity index (χ1n) is 6.07. The zero-order chi connectivity index (χ0) is 13.1. The number of thiocarbonyl (C=S) groups is 1. The first-order valence-corrected chi connectivity index (χ1v) is 6.86. The van der Waals surface area contributed by atoms with Crippen LogP contribution in [0.15, 0.2) is 18.2 Å². The molecule has 3 nitrogen and oxygen atoms in total. The molecule has 1 heterocycles. The van der Waals surface area contributed by atoms with Gasteiger partial charge in [-0.25, -0.2) is 0 Å². The predicted octanol–water partition coefficient (Wildman–Crippen LogP) is 2.59. The molecule has 0 aliphatic carbocycles. The maximum atomic E-state index is 6.33. The highest BCUT2D eigenvalue weighted by Gasteiger charge is 2.23. The van der Waals surface area contributed by atoms with Crippen LogP contribution in [0.25, 0.3) is 0 Å². The van der Waals surface area contributed by atoms with E-state index in [-0.39, 0.29) is 0 Å². The van der Waals surface area contributed by atoms with Gasteiger partial charge in [0.2, 0.25) is 0 Å². The van der Waals surface area contributed by atoms with Crippen LogP contribution in [0.2, 0.25) is 5.02 Å². The Morgan fingerprint density at radius 1 is 1.61 bits per heavy atom. The SMILES string of the molecule is CCC1COCCN1c1ccc(C(N)=S)cc1Cl. The fourth-order valence-electron chi connectivity index (χ4n) is 2.20. The van der Waals surface area contributed by atoms with Gasteiger partial charge in [0.25, 0.3) is 0 Å². The normalized spacial score (nSPS) is 19.9. The molecular formula is C13H17ClN2OS. The zero-order valence-corrected chi connectivity index (χ0v) is 11.9. The van der Waals surface area contributed by atoms with E-state index >= 15 is 0 Å². The van der Waals surface area contributed by atoms with Crippen LogP contribution in [0.5, 0.6) is 0 Å². The Bertz CT molecular complexity index is 453. The van der Waals surface area contributed by atoms with Gasteiger partial charge in [-0.3, -0.25) is 0 Å². The molecule has 2 N–H and O–H groups in total. The molecule has 1 saturated heterocycles. The molecule has 98 valence electrons. The molecule has 1 atom stereocenters. The molecule has 0 aromatic heterocycles. The molecule has 0 saturated carbocycles. The standard InChI is InChI=1S/C13H17ClN2OS/c1-2-10-8-17-6-5-16(10)12-4-3-9(13(15)18)7-11(12)14/h3-4,7,10H,2,5-6,8H2,1H3,(H2,15,18). The summed E-state index contributed by atoms with van der Waals surface area (Å²) >= 11 is 11.3. The minimum Gasteiger partial charge on any atom is -0.389 e. The second-order valence-corrected chi connectivity index (χ2v) is 5.21. The third-order valence-corrected chi connectivity index (χ3v) is 3.78. The number of anilines is 1. The first-order chi connectivity index (χ1) is 8.63. The number of nitrogens with two attached hydrogens (primary N) is 1. The summed E-state index contributed by atoms with van der Waals surface area (Å²) in [4.78, 5) is 2.67. The second kappa shape index (κ2) is 5.87. The van der Waals surface area contributed by atoms with Crippen molar-refractivity contribution in [3.63, 3.8) is 0 Å². The van der Waals surface area contributed by atoms with Crippen molar-refractivity contribution in [2.75, 3.05) is 24.7 Å². The largest absolute Gasteiger partial charge is 0.389 e. The molecule has 1 aromatic carbocycles. The summed E-state index contributed by atoms with van der Waals surface area (Å²) in [6.45, 7) is 4.52. The van der Waals surface area contributed by atoms with Crippen molar-refractivity contribution in [2.45, 2.75) is 19.4 Å². The number of morpholine rings is 1. The van der Waals surface area contributed by atoms with E-state index in [1.807, 2.05) is 18.2 Å². The maximum absolute atomic E-state index is 6.33. The first kappa shape index (κ1) is 13.6. The smallest absolute Gasteiger partial charge is 0.104 e. The number of hydrogen-bond donors (Lipinski definition) is 1. The Labute approximate surface area is 118 Å². The van der Waals surface area contributed by atoms with Gasteiger partial charge in [0.1, 0.15) is 4.99 Å². The molecule has 5 heteroatoms. The van der Waals surface area contributed by atoms with Crippen molar-refractivity contribution < 1.29 is 4.74 Å². The Hall–Kier alpha value is -0.840. The zero-order valence-electron chi connectivity index (χ0n) is 10.4. The third kappa shape index (κ3) is 2.76. The summed E-state index contributed by atoms with van der Waals surface area (Å²) in [5.74, 6) is 0. The average molecular weight is 285 g/mol. The van der Waals surface area contributed by atoms with E-state index in [9.17, 15) is 0 Å². The lowest BCUT2D eigenvalue weighted by molar-refractivity contribution is 0.0930. The van der Waals surface area contributed by atoms with Gasteiger partial charge in [0.05, 0.1) is 30.0 Å². The lowest BCUT2D eigenvalue weighted by atomic mass is 10.1. The van der Waals surface area contributed by atoms with Crippen LogP contribution < -0.4 is 10.6 Å². The summed E-state index contributed by atoms with van der Waals surface area (Å²) in [6, 6.07) is 6.13. The quantitative estimate of drug-likeness (QED) is 0.866. The van der Waals surface area contributed by atoms with Crippen molar-refractivity contribution >= 4 is 34.5 Å². The van der Waals surface area contributed by atoms with Gasteiger partial charge in [-0.1, -0.05) is 30.7 Å². The van der Waals surface area contributed by atoms with Gasteiger partial charge in [0.15, 0.2) is 0 Å². The molecule has 1 fully saturated rings. The van der Waals surface area contributed by atoms with E-state index in [4.69, 9.17) is 34.3 Å². The van der Waals surface area contributed by atoms with Gasteiger partial charge in [-0.2, -0.15) is 0 Å². The molecule has 0 spiro atoms. The molecule has 1 aliphatic rings. The van der Waals surface area contributed by atoms with Gasteiger partial charge < -0.3 is 15.4 Å². The number of benzene rings is 1. The van der Waals surface area contributed by atoms with Crippen LogP contribution >= 0.6 is 23.8 Å². The minimum atomic E-state index is 0.373. The Morgan fingerprint density at radius 2 is 2.39 bits per heavy atom. The Balaban J connectivity index is 2.29. The third-order valence-electron chi connectivity index (χ3n) is 3.24. The second-order valence-electron chi connectivity index (χ2n) is 4.36.